The Morgan fingerprint density at radius 3 is 2.61 bits per heavy atom. The zero-order valence-electron chi connectivity index (χ0n) is 16.0. The summed E-state index contributed by atoms with van der Waals surface area (Å²) in [7, 11) is -3.71. The number of nitrogens with zero attached hydrogens (tertiary/aromatic N) is 4. The Labute approximate surface area is 166 Å². The van der Waals surface area contributed by atoms with Crippen molar-refractivity contribution in [2.75, 3.05) is 37.6 Å². The quantitative estimate of drug-likeness (QED) is 0.572. The standard InChI is InChI=1S/C19H26N6O2S/c1-2-21-19(23-15-16-6-5-7-17(14-16)28(20,26)27)25-12-10-24(11-13-25)18-8-3-4-9-22-18/h3-9,14H,2,10-13,15H2,1H3,(H,21,23)(H2,20,26,27). The summed E-state index contributed by atoms with van der Waals surface area (Å²) in [4.78, 5) is 13.7. The Kier molecular flexibility index (Phi) is 6.48. The lowest BCUT2D eigenvalue weighted by molar-refractivity contribution is 0.371. The summed E-state index contributed by atoms with van der Waals surface area (Å²) in [5.41, 5.74) is 0.800. The van der Waals surface area contributed by atoms with Crippen LogP contribution in [-0.2, 0) is 16.6 Å². The molecule has 1 aromatic heterocycles. The third-order valence-electron chi connectivity index (χ3n) is 4.53. The highest BCUT2D eigenvalue weighted by atomic mass is 32.2. The van der Waals surface area contributed by atoms with E-state index < -0.39 is 10.0 Å². The van der Waals surface area contributed by atoms with Crippen LogP contribution in [0.2, 0.25) is 0 Å². The topological polar surface area (TPSA) is 104 Å². The summed E-state index contributed by atoms with van der Waals surface area (Å²) >= 11 is 0. The first-order valence-electron chi connectivity index (χ1n) is 9.28. The third kappa shape index (κ3) is 5.20. The molecule has 3 rings (SSSR count). The molecule has 0 aliphatic carbocycles. The molecule has 2 aromatic rings. The van der Waals surface area contributed by atoms with Gasteiger partial charge in [0.05, 0.1) is 11.4 Å². The van der Waals surface area contributed by atoms with Gasteiger partial charge >= 0.3 is 0 Å². The number of aromatic nitrogens is 1. The molecule has 0 spiro atoms. The minimum atomic E-state index is -3.71. The summed E-state index contributed by atoms with van der Waals surface area (Å²) in [6.07, 6.45) is 1.81. The fourth-order valence-corrected chi connectivity index (χ4v) is 3.68. The van der Waals surface area contributed by atoms with Crippen molar-refractivity contribution >= 4 is 21.8 Å². The van der Waals surface area contributed by atoms with E-state index in [4.69, 9.17) is 10.1 Å². The van der Waals surface area contributed by atoms with Gasteiger partial charge in [0.2, 0.25) is 10.0 Å². The lowest BCUT2D eigenvalue weighted by Crippen LogP contribution is -2.52. The lowest BCUT2D eigenvalue weighted by Gasteiger charge is -2.37. The molecule has 0 saturated carbocycles. The van der Waals surface area contributed by atoms with Crippen LogP contribution in [0.3, 0.4) is 0 Å². The van der Waals surface area contributed by atoms with Gasteiger partial charge in [0, 0.05) is 38.9 Å². The fourth-order valence-electron chi connectivity index (χ4n) is 3.10. The number of pyridine rings is 1. The molecule has 3 N–H and O–H groups in total. The highest BCUT2D eigenvalue weighted by Crippen LogP contribution is 2.14. The van der Waals surface area contributed by atoms with Gasteiger partial charge < -0.3 is 15.1 Å². The molecule has 0 amide bonds. The van der Waals surface area contributed by atoms with Crippen LogP contribution >= 0.6 is 0 Å². The Hall–Kier alpha value is -2.65. The van der Waals surface area contributed by atoms with E-state index in [9.17, 15) is 8.42 Å². The summed E-state index contributed by atoms with van der Waals surface area (Å²) in [5, 5.41) is 8.53. The highest BCUT2D eigenvalue weighted by molar-refractivity contribution is 7.89. The second kappa shape index (κ2) is 9.03. The molecular formula is C19H26N6O2S. The highest BCUT2D eigenvalue weighted by Gasteiger charge is 2.20. The second-order valence-corrected chi connectivity index (χ2v) is 8.09. The second-order valence-electron chi connectivity index (χ2n) is 6.52. The number of aliphatic imine (C=N–C) groups is 1. The van der Waals surface area contributed by atoms with Crippen molar-refractivity contribution in [1.82, 2.24) is 15.2 Å². The fraction of sp³-hybridized carbons (Fsp3) is 0.368. The lowest BCUT2D eigenvalue weighted by atomic mass is 10.2. The number of hydrogen-bond acceptors (Lipinski definition) is 5. The maximum atomic E-state index is 11.5. The number of sulfonamides is 1. The number of hydrogen-bond donors (Lipinski definition) is 2. The normalized spacial score (nSPS) is 15.6. The van der Waals surface area contributed by atoms with Crippen molar-refractivity contribution in [3.63, 3.8) is 0 Å². The van der Waals surface area contributed by atoms with Crippen molar-refractivity contribution in [3.8, 4) is 0 Å². The maximum Gasteiger partial charge on any atom is 0.238 e. The van der Waals surface area contributed by atoms with Gasteiger partial charge in [-0.25, -0.2) is 23.5 Å². The number of nitrogens with one attached hydrogen (secondary N) is 1. The number of nitrogens with two attached hydrogens (primary N) is 1. The SMILES string of the molecule is CCNC(=NCc1cccc(S(N)(=O)=O)c1)N1CCN(c2ccccn2)CC1. The molecule has 8 nitrogen and oxygen atoms in total. The van der Waals surface area contributed by atoms with Gasteiger partial charge in [-0.3, -0.25) is 0 Å². The average molecular weight is 403 g/mol. The molecule has 1 saturated heterocycles. The third-order valence-corrected chi connectivity index (χ3v) is 5.44. The van der Waals surface area contributed by atoms with Crippen LogP contribution in [-0.4, -0.2) is 57.0 Å². The molecule has 0 radical (unpaired) electrons. The van der Waals surface area contributed by atoms with E-state index >= 15 is 0 Å². The number of rotatable bonds is 5. The van der Waals surface area contributed by atoms with Crippen molar-refractivity contribution in [3.05, 3.63) is 54.2 Å². The van der Waals surface area contributed by atoms with E-state index in [2.05, 4.69) is 20.1 Å². The smallest absolute Gasteiger partial charge is 0.238 e. The van der Waals surface area contributed by atoms with Crippen LogP contribution in [0, 0.1) is 0 Å². The minimum Gasteiger partial charge on any atom is -0.357 e. The van der Waals surface area contributed by atoms with Crippen LogP contribution in [0.4, 0.5) is 5.82 Å². The molecule has 0 atom stereocenters. The zero-order chi connectivity index (χ0) is 20.0. The van der Waals surface area contributed by atoms with E-state index in [1.54, 1.807) is 12.1 Å². The van der Waals surface area contributed by atoms with Gasteiger partial charge in [-0.1, -0.05) is 18.2 Å². The van der Waals surface area contributed by atoms with Gasteiger partial charge in [-0.2, -0.15) is 0 Å². The molecule has 1 fully saturated rings. The molecule has 0 bridgehead atoms. The van der Waals surface area contributed by atoms with Gasteiger partial charge in [0.25, 0.3) is 0 Å². The minimum absolute atomic E-state index is 0.106. The van der Waals surface area contributed by atoms with Crippen LogP contribution in [0.15, 0.2) is 58.5 Å². The molecule has 1 aliphatic heterocycles. The Morgan fingerprint density at radius 1 is 1.18 bits per heavy atom. The first-order chi connectivity index (χ1) is 13.5. The Morgan fingerprint density at radius 2 is 1.96 bits per heavy atom. The van der Waals surface area contributed by atoms with Crippen molar-refractivity contribution in [1.29, 1.82) is 0 Å². The summed E-state index contributed by atoms with van der Waals surface area (Å²) in [5.74, 6) is 1.81. The largest absolute Gasteiger partial charge is 0.357 e. The van der Waals surface area contributed by atoms with Gasteiger partial charge in [-0.15, -0.1) is 0 Å². The molecule has 1 aromatic carbocycles. The van der Waals surface area contributed by atoms with Crippen LogP contribution in [0.1, 0.15) is 12.5 Å². The van der Waals surface area contributed by atoms with E-state index in [-0.39, 0.29) is 4.90 Å². The number of primary sulfonamides is 1. The van der Waals surface area contributed by atoms with Crippen molar-refractivity contribution in [2.45, 2.75) is 18.4 Å². The summed E-state index contributed by atoms with van der Waals surface area (Å²) in [6.45, 7) is 6.56. The van der Waals surface area contributed by atoms with Gasteiger partial charge in [-0.05, 0) is 36.8 Å². The molecular weight excluding hydrogens is 376 g/mol. The van der Waals surface area contributed by atoms with E-state index in [1.807, 2.05) is 37.4 Å². The molecule has 150 valence electrons. The Bertz CT molecular complexity index is 909. The van der Waals surface area contributed by atoms with Crippen LogP contribution < -0.4 is 15.4 Å². The monoisotopic (exact) mass is 402 g/mol. The molecule has 1 aliphatic rings. The van der Waals surface area contributed by atoms with Crippen LogP contribution in [0.25, 0.3) is 0 Å². The maximum absolute atomic E-state index is 11.5. The number of guanidine groups is 1. The molecule has 28 heavy (non-hydrogen) atoms. The Balaban J connectivity index is 1.67. The molecule has 0 unspecified atom stereocenters. The van der Waals surface area contributed by atoms with E-state index in [0.29, 0.717) is 6.54 Å². The van der Waals surface area contributed by atoms with Gasteiger partial charge in [0.1, 0.15) is 5.82 Å². The number of piperazine rings is 1. The summed E-state index contributed by atoms with van der Waals surface area (Å²) < 4.78 is 23.1. The number of anilines is 1. The van der Waals surface area contributed by atoms with E-state index in [1.165, 1.54) is 6.07 Å². The van der Waals surface area contributed by atoms with Crippen molar-refractivity contribution in [2.24, 2.45) is 10.1 Å². The van der Waals surface area contributed by atoms with Crippen LogP contribution in [0.5, 0.6) is 0 Å². The first kappa shape index (κ1) is 20.1. The van der Waals surface area contributed by atoms with Gasteiger partial charge in [0.15, 0.2) is 5.96 Å². The molecule has 2 heterocycles. The average Bonchev–Trinajstić information content (AvgIpc) is 2.71. The summed E-state index contributed by atoms with van der Waals surface area (Å²) in [6, 6.07) is 12.5. The predicted molar refractivity (Wildman–Crippen MR) is 111 cm³/mol. The molecule has 9 heteroatoms. The van der Waals surface area contributed by atoms with E-state index in [0.717, 1.165) is 50.1 Å². The first-order valence-corrected chi connectivity index (χ1v) is 10.8. The number of benzene rings is 1. The zero-order valence-corrected chi connectivity index (χ0v) is 16.8. The predicted octanol–water partition coefficient (Wildman–Crippen LogP) is 1.02. The van der Waals surface area contributed by atoms with Crippen molar-refractivity contribution < 1.29 is 8.42 Å².